The van der Waals surface area contributed by atoms with Crippen LogP contribution in [0.1, 0.15) is 49.7 Å². The first-order chi connectivity index (χ1) is 16.4. The van der Waals surface area contributed by atoms with E-state index in [0.29, 0.717) is 40.6 Å². The molecule has 0 aromatic heterocycles. The molecule has 0 bridgehead atoms. The molecule has 0 saturated heterocycles. The molecule has 1 aliphatic heterocycles. The molecule has 3 atom stereocenters. The number of allylic oxidation sites excluding steroid dienone is 2. The Morgan fingerprint density at radius 1 is 1.06 bits per heavy atom. The van der Waals surface area contributed by atoms with Crippen molar-refractivity contribution < 1.29 is 23.8 Å². The van der Waals surface area contributed by atoms with Crippen LogP contribution in [0.2, 0.25) is 5.02 Å². The van der Waals surface area contributed by atoms with Gasteiger partial charge in [-0.3, -0.25) is 14.6 Å². The summed E-state index contributed by atoms with van der Waals surface area (Å²) < 4.78 is 16.2. The van der Waals surface area contributed by atoms with Crippen LogP contribution < -0.4 is 9.47 Å². The second-order valence-electron chi connectivity index (χ2n) is 8.52. The summed E-state index contributed by atoms with van der Waals surface area (Å²) in [6, 6.07) is 13.1. The van der Waals surface area contributed by atoms with E-state index >= 15 is 0 Å². The highest BCUT2D eigenvalue weighted by molar-refractivity contribution is 6.30. The zero-order valence-corrected chi connectivity index (χ0v) is 20.5. The van der Waals surface area contributed by atoms with E-state index < -0.39 is 11.8 Å². The van der Waals surface area contributed by atoms with Gasteiger partial charge >= 0.3 is 5.97 Å². The van der Waals surface area contributed by atoms with Gasteiger partial charge in [0.05, 0.1) is 20.8 Å². The lowest BCUT2D eigenvalue weighted by atomic mass is 9.69. The van der Waals surface area contributed by atoms with Gasteiger partial charge in [-0.2, -0.15) is 0 Å². The average Bonchev–Trinajstić information content (AvgIpc) is 2.82. The fraction of sp³-hybridized carbons (Fsp3) is 0.370. The van der Waals surface area contributed by atoms with Gasteiger partial charge in [0.1, 0.15) is 5.92 Å². The molecule has 0 radical (unpaired) electrons. The lowest BCUT2D eigenvalue weighted by Gasteiger charge is -2.36. The lowest BCUT2D eigenvalue weighted by Crippen LogP contribution is -2.38. The lowest BCUT2D eigenvalue weighted by molar-refractivity contribution is -0.146. The Kier molecular flexibility index (Phi) is 7.08. The number of carbonyl (C=O) groups excluding carboxylic acids is 2. The van der Waals surface area contributed by atoms with Crippen molar-refractivity contribution in [2.45, 2.75) is 38.5 Å². The molecule has 2 aliphatic rings. The number of carbonyl (C=O) groups is 2. The highest BCUT2D eigenvalue weighted by Gasteiger charge is 2.44. The zero-order chi connectivity index (χ0) is 24.4. The third-order valence-electron chi connectivity index (χ3n) is 6.52. The van der Waals surface area contributed by atoms with Gasteiger partial charge in [-0.25, -0.2) is 0 Å². The molecule has 178 valence electrons. The van der Waals surface area contributed by atoms with Crippen LogP contribution in [0.4, 0.5) is 0 Å². The Labute approximate surface area is 204 Å². The number of aliphatic imine (C=N–C) groups is 1. The van der Waals surface area contributed by atoms with Crippen molar-refractivity contribution in [2.75, 3.05) is 20.8 Å². The summed E-state index contributed by atoms with van der Waals surface area (Å²) in [5.41, 5.74) is 3.74. The van der Waals surface area contributed by atoms with Gasteiger partial charge in [0.15, 0.2) is 17.3 Å². The Morgan fingerprint density at radius 3 is 2.50 bits per heavy atom. The molecule has 0 fully saturated rings. The Balaban J connectivity index is 1.78. The van der Waals surface area contributed by atoms with E-state index in [0.717, 1.165) is 16.8 Å². The summed E-state index contributed by atoms with van der Waals surface area (Å²) in [4.78, 5) is 31.4. The SMILES string of the molecule is CCOC(=O)C1C(C)=NC2=C(C(=O)C[C@H](c3ccc(OC)c(OC)c3)C2)[C@@H]1c1cccc(Cl)c1. The number of halogens is 1. The van der Waals surface area contributed by atoms with Crippen LogP contribution in [-0.4, -0.2) is 38.3 Å². The summed E-state index contributed by atoms with van der Waals surface area (Å²) in [6.45, 7) is 3.85. The molecule has 0 saturated carbocycles. The van der Waals surface area contributed by atoms with E-state index in [-0.39, 0.29) is 24.3 Å². The van der Waals surface area contributed by atoms with E-state index in [1.807, 2.05) is 43.3 Å². The Hall–Kier alpha value is -3.12. The fourth-order valence-electron chi connectivity index (χ4n) is 5.00. The molecule has 1 aliphatic carbocycles. The highest BCUT2D eigenvalue weighted by atomic mass is 35.5. The maximum Gasteiger partial charge on any atom is 0.315 e. The molecule has 4 rings (SSSR count). The van der Waals surface area contributed by atoms with Crippen LogP contribution in [0.3, 0.4) is 0 Å². The van der Waals surface area contributed by atoms with Gasteiger partial charge in [0.2, 0.25) is 0 Å². The molecule has 6 nitrogen and oxygen atoms in total. The first kappa shape index (κ1) is 24.0. The predicted octanol–water partition coefficient (Wildman–Crippen LogP) is 5.50. The summed E-state index contributed by atoms with van der Waals surface area (Å²) in [6.07, 6.45) is 0.899. The van der Waals surface area contributed by atoms with Gasteiger partial charge < -0.3 is 14.2 Å². The second-order valence-corrected chi connectivity index (χ2v) is 8.96. The molecule has 1 heterocycles. The Morgan fingerprint density at radius 2 is 1.82 bits per heavy atom. The summed E-state index contributed by atoms with van der Waals surface area (Å²) in [5.74, 6) is -0.343. The van der Waals surface area contributed by atoms with Crippen LogP contribution in [0.15, 0.2) is 58.7 Å². The molecule has 0 amide bonds. The van der Waals surface area contributed by atoms with Gasteiger partial charge in [0, 0.05) is 34.3 Å². The largest absolute Gasteiger partial charge is 0.493 e. The number of benzene rings is 2. The van der Waals surface area contributed by atoms with Crippen LogP contribution >= 0.6 is 11.6 Å². The highest BCUT2D eigenvalue weighted by Crippen LogP contribution is 2.47. The first-order valence-corrected chi connectivity index (χ1v) is 11.7. The van der Waals surface area contributed by atoms with Crippen molar-refractivity contribution in [3.63, 3.8) is 0 Å². The molecular formula is C27H28ClNO5. The first-order valence-electron chi connectivity index (χ1n) is 11.3. The summed E-state index contributed by atoms with van der Waals surface area (Å²) in [5, 5.41) is 0.550. The monoisotopic (exact) mass is 481 g/mol. The number of hydrogen-bond acceptors (Lipinski definition) is 6. The maximum absolute atomic E-state index is 13.6. The van der Waals surface area contributed by atoms with E-state index in [4.69, 9.17) is 30.8 Å². The van der Waals surface area contributed by atoms with Crippen molar-refractivity contribution in [1.82, 2.24) is 0 Å². The van der Waals surface area contributed by atoms with Gasteiger partial charge in [-0.1, -0.05) is 29.8 Å². The van der Waals surface area contributed by atoms with Crippen molar-refractivity contribution in [3.8, 4) is 11.5 Å². The van der Waals surface area contributed by atoms with E-state index in [9.17, 15) is 9.59 Å². The number of Topliss-reactive ketones (excluding diaryl/α,β-unsaturated/α-hetero) is 1. The van der Waals surface area contributed by atoms with Crippen LogP contribution in [0.5, 0.6) is 11.5 Å². The third-order valence-corrected chi connectivity index (χ3v) is 6.75. The molecule has 2 aromatic rings. The number of rotatable bonds is 6. The zero-order valence-electron chi connectivity index (χ0n) is 19.8. The molecule has 1 unspecified atom stereocenters. The van der Waals surface area contributed by atoms with Gasteiger partial charge in [-0.05, 0) is 61.6 Å². The van der Waals surface area contributed by atoms with Crippen molar-refractivity contribution in [2.24, 2.45) is 10.9 Å². The summed E-state index contributed by atoms with van der Waals surface area (Å²) in [7, 11) is 3.18. The minimum absolute atomic E-state index is 0.0171. The van der Waals surface area contributed by atoms with Crippen LogP contribution in [0.25, 0.3) is 0 Å². The van der Waals surface area contributed by atoms with Crippen molar-refractivity contribution in [1.29, 1.82) is 0 Å². The molecule has 2 aromatic carbocycles. The standard InChI is InChI=1S/C27H28ClNO5/c1-5-34-27(31)24-15(2)29-20-12-18(16-9-10-22(32-3)23(14-16)33-4)13-21(30)26(20)25(24)17-7-6-8-19(28)11-17/h6-11,14,18,24-25H,5,12-13H2,1-4H3/t18-,24?,25-/m1/s1. The minimum atomic E-state index is -0.668. The number of nitrogens with zero attached hydrogens (tertiary/aromatic N) is 1. The number of ether oxygens (including phenoxy) is 3. The van der Waals surface area contributed by atoms with E-state index in [1.165, 1.54) is 0 Å². The fourth-order valence-corrected chi connectivity index (χ4v) is 5.20. The third kappa shape index (κ3) is 4.47. The minimum Gasteiger partial charge on any atom is -0.493 e. The van der Waals surface area contributed by atoms with Crippen molar-refractivity contribution in [3.05, 3.63) is 69.9 Å². The average molecular weight is 482 g/mol. The molecular weight excluding hydrogens is 454 g/mol. The normalized spacial score (nSPS) is 22.1. The van der Waals surface area contributed by atoms with Crippen LogP contribution in [0, 0.1) is 5.92 Å². The number of ketones is 1. The van der Waals surface area contributed by atoms with E-state index in [2.05, 4.69) is 0 Å². The number of methoxy groups -OCH3 is 2. The topological polar surface area (TPSA) is 74.2 Å². The number of hydrogen-bond donors (Lipinski definition) is 0. The number of esters is 1. The predicted molar refractivity (Wildman–Crippen MR) is 131 cm³/mol. The van der Waals surface area contributed by atoms with Crippen LogP contribution in [-0.2, 0) is 14.3 Å². The molecule has 7 heteroatoms. The Bertz CT molecular complexity index is 1190. The molecule has 0 spiro atoms. The van der Waals surface area contributed by atoms with Gasteiger partial charge in [0.25, 0.3) is 0 Å². The molecule has 0 N–H and O–H groups in total. The molecule has 34 heavy (non-hydrogen) atoms. The van der Waals surface area contributed by atoms with Crippen molar-refractivity contribution >= 4 is 29.1 Å². The maximum atomic E-state index is 13.6. The quantitative estimate of drug-likeness (QED) is 0.509. The smallest absolute Gasteiger partial charge is 0.315 e. The van der Waals surface area contributed by atoms with E-state index in [1.54, 1.807) is 27.2 Å². The second kappa shape index (κ2) is 10.0. The summed E-state index contributed by atoms with van der Waals surface area (Å²) >= 11 is 6.29. The van der Waals surface area contributed by atoms with Gasteiger partial charge in [-0.15, -0.1) is 0 Å².